The number of rotatable bonds is 4. The summed E-state index contributed by atoms with van der Waals surface area (Å²) in [6.07, 6.45) is 2.86. The summed E-state index contributed by atoms with van der Waals surface area (Å²) in [5.74, 6) is 0.980. The van der Waals surface area contributed by atoms with Gasteiger partial charge in [-0.3, -0.25) is 4.68 Å². The molecule has 16 heavy (non-hydrogen) atoms. The van der Waals surface area contributed by atoms with Crippen LogP contribution in [-0.2, 0) is 7.05 Å². The Morgan fingerprint density at radius 1 is 1.50 bits per heavy atom. The number of halogens is 1. The number of aryl methyl sites for hydroxylation is 1. The maximum atomic E-state index is 10.2. The van der Waals surface area contributed by atoms with E-state index < -0.39 is 6.10 Å². The number of aromatic nitrogens is 2. The lowest BCUT2D eigenvalue weighted by Crippen LogP contribution is -2.03. The minimum Gasteiger partial charge on any atom is -0.388 e. The van der Waals surface area contributed by atoms with Gasteiger partial charge >= 0.3 is 0 Å². The van der Waals surface area contributed by atoms with Gasteiger partial charge in [-0.15, -0.1) is 0 Å². The molecule has 1 heterocycles. The SMILES string of the molecule is CC(C)c1nn(C)c(Cl)c1C(O)CC1CC1. The highest BCUT2D eigenvalue weighted by Crippen LogP contribution is 2.40. The second kappa shape index (κ2) is 4.38. The summed E-state index contributed by atoms with van der Waals surface area (Å²) in [6.45, 7) is 4.15. The molecule has 0 aromatic carbocycles. The molecule has 0 spiro atoms. The smallest absolute Gasteiger partial charge is 0.132 e. The van der Waals surface area contributed by atoms with E-state index in [9.17, 15) is 5.11 Å². The van der Waals surface area contributed by atoms with Gasteiger partial charge in [0.15, 0.2) is 0 Å². The van der Waals surface area contributed by atoms with Crippen molar-refractivity contribution in [1.29, 1.82) is 0 Å². The first-order valence-electron chi connectivity index (χ1n) is 5.91. The molecular formula is C12H19ClN2O. The first-order chi connectivity index (χ1) is 7.50. The summed E-state index contributed by atoms with van der Waals surface area (Å²) in [5, 5.41) is 15.2. The van der Waals surface area contributed by atoms with Crippen LogP contribution in [0, 0.1) is 5.92 Å². The predicted molar refractivity (Wildman–Crippen MR) is 64.6 cm³/mol. The van der Waals surface area contributed by atoms with Crippen molar-refractivity contribution in [2.75, 3.05) is 0 Å². The largest absolute Gasteiger partial charge is 0.388 e. The monoisotopic (exact) mass is 242 g/mol. The molecule has 1 atom stereocenters. The summed E-state index contributed by atoms with van der Waals surface area (Å²) < 4.78 is 1.66. The molecule has 1 N–H and O–H groups in total. The molecule has 1 aromatic rings. The Bertz CT molecular complexity index is 383. The van der Waals surface area contributed by atoms with Crippen LogP contribution in [0.4, 0.5) is 0 Å². The topological polar surface area (TPSA) is 38.0 Å². The van der Waals surface area contributed by atoms with E-state index in [1.165, 1.54) is 12.8 Å². The van der Waals surface area contributed by atoms with Gasteiger partial charge in [-0.2, -0.15) is 5.10 Å². The predicted octanol–water partition coefficient (Wildman–Crippen LogP) is 3.03. The van der Waals surface area contributed by atoms with E-state index in [0.717, 1.165) is 17.7 Å². The van der Waals surface area contributed by atoms with E-state index in [-0.39, 0.29) is 0 Å². The fourth-order valence-corrected chi connectivity index (χ4v) is 2.32. The van der Waals surface area contributed by atoms with Crippen LogP contribution in [0.1, 0.15) is 56.4 Å². The molecule has 1 aliphatic carbocycles. The second-order valence-corrected chi connectivity index (χ2v) is 5.42. The Balaban J connectivity index is 2.28. The number of nitrogens with zero attached hydrogens (tertiary/aromatic N) is 2. The standard InChI is InChI=1S/C12H19ClN2O/c1-7(2)11-10(12(13)15(3)14-11)9(16)6-8-4-5-8/h7-9,16H,4-6H2,1-3H3. The number of hydrogen-bond donors (Lipinski definition) is 1. The van der Waals surface area contributed by atoms with Crippen molar-refractivity contribution in [2.45, 2.75) is 45.1 Å². The molecule has 0 saturated heterocycles. The minimum absolute atomic E-state index is 0.294. The Labute approximate surface area is 101 Å². The third-order valence-corrected chi connectivity index (χ3v) is 3.62. The van der Waals surface area contributed by atoms with Crippen molar-refractivity contribution in [3.63, 3.8) is 0 Å². The zero-order chi connectivity index (χ0) is 11.9. The van der Waals surface area contributed by atoms with Gasteiger partial charge in [0.05, 0.1) is 11.8 Å². The van der Waals surface area contributed by atoms with E-state index in [0.29, 0.717) is 17.0 Å². The van der Waals surface area contributed by atoms with Gasteiger partial charge in [0.1, 0.15) is 5.15 Å². The van der Waals surface area contributed by atoms with E-state index in [4.69, 9.17) is 11.6 Å². The van der Waals surface area contributed by atoms with E-state index in [2.05, 4.69) is 18.9 Å². The molecule has 0 amide bonds. The maximum absolute atomic E-state index is 10.2. The Hall–Kier alpha value is -0.540. The molecule has 1 unspecified atom stereocenters. The molecule has 2 rings (SSSR count). The summed E-state index contributed by atoms with van der Waals surface area (Å²) in [6, 6.07) is 0. The summed E-state index contributed by atoms with van der Waals surface area (Å²) in [5.41, 5.74) is 1.77. The molecule has 90 valence electrons. The molecule has 0 aliphatic heterocycles. The van der Waals surface area contributed by atoms with Gasteiger partial charge in [0.25, 0.3) is 0 Å². The third kappa shape index (κ3) is 2.25. The van der Waals surface area contributed by atoms with Crippen LogP contribution in [0.5, 0.6) is 0 Å². The van der Waals surface area contributed by atoms with Gasteiger partial charge in [0, 0.05) is 12.6 Å². The lowest BCUT2D eigenvalue weighted by atomic mass is 9.99. The Kier molecular flexibility index (Phi) is 3.27. The summed E-state index contributed by atoms with van der Waals surface area (Å²) >= 11 is 6.20. The molecule has 1 fully saturated rings. The summed E-state index contributed by atoms with van der Waals surface area (Å²) in [7, 11) is 1.82. The third-order valence-electron chi connectivity index (χ3n) is 3.17. The van der Waals surface area contributed by atoms with Crippen molar-refractivity contribution in [1.82, 2.24) is 9.78 Å². The zero-order valence-electron chi connectivity index (χ0n) is 10.1. The fourth-order valence-electron chi connectivity index (χ4n) is 2.06. The average Bonchev–Trinajstić information content (AvgIpc) is 2.94. The van der Waals surface area contributed by atoms with Gasteiger partial charge < -0.3 is 5.11 Å². The molecular weight excluding hydrogens is 224 g/mol. The number of hydrogen-bond acceptors (Lipinski definition) is 2. The van der Waals surface area contributed by atoms with Crippen molar-refractivity contribution in [2.24, 2.45) is 13.0 Å². The normalized spacial score (nSPS) is 18.1. The van der Waals surface area contributed by atoms with E-state index in [1.807, 2.05) is 7.05 Å². The van der Waals surface area contributed by atoms with Crippen LogP contribution in [0.2, 0.25) is 5.15 Å². The van der Waals surface area contributed by atoms with Crippen LogP contribution in [0.15, 0.2) is 0 Å². The lowest BCUT2D eigenvalue weighted by Gasteiger charge is -2.12. The van der Waals surface area contributed by atoms with Crippen molar-refractivity contribution < 1.29 is 5.11 Å². The van der Waals surface area contributed by atoms with Gasteiger partial charge in [-0.1, -0.05) is 38.3 Å². The molecule has 0 bridgehead atoms. The lowest BCUT2D eigenvalue weighted by molar-refractivity contribution is 0.159. The minimum atomic E-state index is -0.453. The number of aliphatic hydroxyl groups is 1. The van der Waals surface area contributed by atoms with Crippen LogP contribution in [-0.4, -0.2) is 14.9 Å². The fraction of sp³-hybridized carbons (Fsp3) is 0.750. The highest BCUT2D eigenvalue weighted by Gasteiger charge is 2.29. The molecule has 1 aromatic heterocycles. The molecule has 3 nitrogen and oxygen atoms in total. The van der Waals surface area contributed by atoms with Crippen molar-refractivity contribution in [3.8, 4) is 0 Å². The second-order valence-electron chi connectivity index (χ2n) is 5.06. The molecule has 1 saturated carbocycles. The zero-order valence-corrected chi connectivity index (χ0v) is 10.8. The average molecular weight is 243 g/mol. The first-order valence-corrected chi connectivity index (χ1v) is 6.28. The highest BCUT2D eigenvalue weighted by atomic mass is 35.5. The molecule has 4 heteroatoms. The molecule has 1 aliphatic rings. The quantitative estimate of drug-likeness (QED) is 0.882. The molecule has 0 radical (unpaired) electrons. The first kappa shape index (κ1) is 11.9. The van der Waals surface area contributed by atoms with Crippen LogP contribution in [0.25, 0.3) is 0 Å². The van der Waals surface area contributed by atoms with Gasteiger partial charge in [-0.05, 0) is 18.3 Å². The van der Waals surface area contributed by atoms with Crippen molar-refractivity contribution in [3.05, 3.63) is 16.4 Å². The number of aliphatic hydroxyl groups excluding tert-OH is 1. The van der Waals surface area contributed by atoms with E-state index in [1.54, 1.807) is 4.68 Å². The van der Waals surface area contributed by atoms with E-state index >= 15 is 0 Å². The highest BCUT2D eigenvalue weighted by molar-refractivity contribution is 6.30. The summed E-state index contributed by atoms with van der Waals surface area (Å²) in [4.78, 5) is 0. The Morgan fingerprint density at radius 2 is 2.12 bits per heavy atom. The van der Waals surface area contributed by atoms with Crippen LogP contribution in [0.3, 0.4) is 0 Å². The van der Waals surface area contributed by atoms with Crippen LogP contribution < -0.4 is 0 Å². The maximum Gasteiger partial charge on any atom is 0.132 e. The van der Waals surface area contributed by atoms with Crippen LogP contribution >= 0.6 is 11.6 Å². The van der Waals surface area contributed by atoms with Crippen molar-refractivity contribution >= 4 is 11.6 Å². The Morgan fingerprint density at radius 3 is 2.62 bits per heavy atom. The van der Waals surface area contributed by atoms with Gasteiger partial charge in [0.2, 0.25) is 0 Å². The van der Waals surface area contributed by atoms with Gasteiger partial charge in [-0.25, -0.2) is 0 Å².